The molecule has 8 heteroatoms. The third kappa shape index (κ3) is 3.77. The molecule has 7 nitrogen and oxygen atoms in total. The molecular formula is C16H12N6OS. The predicted molar refractivity (Wildman–Crippen MR) is 90.1 cm³/mol. The number of pyridine rings is 1. The van der Waals surface area contributed by atoms with Crippen LogP contribution < -0.4 is 5.32 Å². The van der Waals surface area contributed by atoms with E-state index in [4.69, 9.17) is 5.26 Å². The second-order valence-electron chi connectivity index (χ2n) is 4.68. The number of thioether (sulfide) groups is 1. The van der Waals surface area contributed by atoms with Crippen LogP contribution in [0, 0.1) is 11.3 Å². The quantitative estimate of drug-likeness (QED) is 0.693. The third-order valence-corrected chi connectivity index (χ3v) is 3.87. The number of benzene rings is 1. The number of aromatic nitrogens is 4. The van der Waals surface area contributed by atoms with Crippen molar-refractivity contribution in [1.82, 2.24) is 20.2 Å². The molecule has 2 heterocycles. The molecular weight excluding hydrogens is 324 g/mol. The van der Waals surface area contributed by atoms with Crippen LogP contribution in [0.25, 0.3) is 11.5 Å². The summed E-state index contributed by atoms with van der Waals surface area (Å²) in [4.78, 5) is 20.5. The lowest BCUT2D eigenvalue weighted by Gasteiger charge is -2.05. The topological polar surface area (TPSA) is 107 Å². The van der Waals surface area contributed by atoms with Gasteiger partial charge in [0.15, 0.2) is 5.82 Å². The summed E-state index contributed by atoms with van der Waals surface area (Å²) in [6, 6.07) is 14.4. The Morgan fingerprint density at radius 2 is 2.08 bits per heavy atom. The first-order valence-electron chi connectivity index (χ1n) is 7.02. The van der Waals surface area contributed by atoms with Crippen molar-refractivity contribution in [3.05, 3.63) is 54.2 Å². The van der Waals surface area contributed by atoms with Gasteiger partial charge in [-0.15, -0.1) is 5.10 Å². The van der Waals surface area contributed by atoms with Gasteiger partial charge in [-0.3, -0.25) is 14.9 Å². The number of nitrogens with one attached hydrogen (secondary N) is 2. The zero-order chi connectivity index (χ0) is 16.8. The predicted octanol–water partition coefficient (Wildman–Crippen LogP) is 2.47. The largest absolute Gasteiger partial charge is 0.324 e. The zero-order valence-electron chi connectivity index (χ0n) is 12.4. The van der Waals surface area contributed by atoms with Crippen LogP contribution in [-0.4, -0.2) is 31.8 Å². The van der Waals surface area contributed by atoms with E-state index in [1.54, 1.807) is 30.5 Å². The lowest BCUT2D eigenvalue weighted by atomic mass is 10.2. The number of carbonyl (C=O) groups excluding carboxylic acids is 1. The number of aromatic amines is 1. The van der Waals surface area contributed by atoms with E-state index < -0.39 is 0 Å². The molecule has 0 saturated heterocycles. The van der Waals surface area contributed by atoms with E-state index in [2.05, 4.69) is 25.5 Å². The second kappa shape index (κ2) is 7.39. The van der Waals surface area contributed by atoms with Gasteiger partial charge < -0.3 is 5.32 Å². The van der Waals surface area contributed by atoms with Crippen LogP contribution in [0.5, 0.6) is 0 Å². The number of H-pyrrole nitrogens is 1. The number of nitrogens with zero attached hydrogens (tertiary/aromatic N) is 4. The van der Waals surface area contributed by atoms with Crippen molar-refractivity contribution in [2.45, 2.75) is 5.16 Å². The van der Waals surface area contributed by atoms with Gasteiger partial charge in [-0.25, -0.2) is 0 Å². The van der Waals surface area contributed by atoms with Crippen molar-refractivity contribution in [3.8, 4) is 17.6 Å². The fourth-order valence-electron chi connectivity index (χ4n) is 1.93. The molecule has 1 amide bonds. The van der Waals surface area contributed by atoms with Crippen molar-refractivity contribution in [2.75, 3.05) is 11.1 Å². The molecule has 3 rings (SSSR count). The van der Waals surface area contributed by atoms with E-state index in [1.807, 2.05) is 24.3 Å². The Morgan fingerprint density at radius 1 is 1.25 bits per heavy atom. The van der Waals surface area contributed by atoms with Crippen LogP contribution in [0.1, 0.15) is 5.56 Å². The number of para-hydroxylation sites is 1. The lowest BCUT2D eigenvalue weighted by Crippen LogP contribution is -2.15. The second-order valence-corrected chi connectivity index (χ2v) is 5.62. The average molecular weight is 336 g/mol. The van der Waals surface area contributed by atoms with Crippen LogP contribution in [-0.2, 0) is 4.79 Å². The highest BCUT2D eigenvalue weighted by Crippen LogP contribution is 2.18. The number of hydrogen-bond acceptors (Lipinski definition) is 6. The highest BCUT2D eigenvalue weighted by atomic mass is 32.2. The van der Waals surface area contributed by atoms with Gasteiger partial charge in [-0.05, 0) is 24.3 Å². The molecule has 0 saturated carbocycles. The Morgan fingerprint density at radius 3 is 2.88 bits per heavy atom. The lowest BCUT2D eigenvalue weighted by molar-refractivity contribution is -0.113. The molecule has 3 aromatic rings. The first-order valence-corrected chi connectivity index (χ1v) is 8.00. The summed E-state index contributed by atoms with van der Waals surface area (Å²) in [5, 5.41) is 19.0. The van der Waals surface area contributed by atoms with E-state index >= 15 is 0 Å². The maximum Gasteiger partial charge on any atom is 0.234 e. The summed E-state index contributed by atoms with van der Waals surface area (Å²) >= 11 is 1.20. The highest BCUT2D eigenvalue weighted by Gasteiger charge is 2.11. The van der Waals surface area contributed by atoms with E-state index in [0.717, 1.165) is 0 Å². The molecule has 0 unspecified atom stereocenters. The number of nitriles is 1. The van der Waals surface area contributed by atoms with Gasteiger partial charge in [-0.1, -0.05) is 30.0 Å². The molecule has 24 heavy (non-hydrogen) atoms. The number of amides is 1. The normalized spacial score (nSPS) is 10.1. The number of carbonyl (C=O) groups is 1. The standard InChI is InChI=1S/C16H12N6OS/c17-9-11-5-1-2-6-12(11)19-14(23)10-24-16-20-15(21-22-16)13-7-3-4-8-18-13/h1-8H,10H2,(H,19,23)(H,20,21,22). The van der Waals surface area contributed by atoms with Crippen molar-refractivity contribution in [2.24, 2.45) is 0 Å². The van der Waals surface area contributed by atoms with Gasteiger partial charge in [-0.2, -0.15) is 10.2 Å². The Labute approximate surface area is 142 Å². The van der Waals surface area contributed by atoms with Crippen molar-refractivity contribution in [3.63, 3.8) is 0 Å². The molecule has 0 bridgehead atoms. The monoisotopic (exact) mass is 336 g/mol. The van der Waals surface area contributed by atoms with E-state index in [9.17, 15) is 4.79 Å². The number of anilines is 1. The Balaban J connectivity index is 1.59. The van der Waals surface area contributed by atoms with Crippen LogP contribution in [0.4, 0.5) is 5.69 Å². The van der Waals surface area contributed by atoms with Crippen molar-refractivity contribution >= 4 is 23.4 Å². The summed E-state index contributed by atoms with van der Waals surface area (Å²) in [5.41, 5.74) is 1.60. The average Bonchev–Trinajstić information content (AvgIpc) is 3.10. The Hall–Kier alpha value is -3.18. The van der Waals surface area contributed by atoms with Gasteiger partial charge in [0.1, 0.15) is 11.8 Å². The number of rotatable bonds is 5. The maximum atomic E-state index is 12.0. The van der Waals surface area contributed by atoms with Gasteiger partial charge in [0.25, 0.3) is 0 Å². The van der Waals surface area contributed by atoms with Crippen molar-refractivity contribution in [1.29, 1.82) is 5.26 Å². The van der Waals surface area contributed by atoms with Crippen LogP contribution in [0.3, 0.4) is 0 Å². The van der Waals surface area contributed by atoms with Crippen LogP contribution in [0.2, 0.25) is 0 Å². The molecule has 0 radical (unpaired) electrons. The van der Waals surface area contributed by atoms with Gasteiger partial charge in [0.05, 0.1) is 17.0 Å². The van der Waals surface area contributed by atoms with Crippen LogP contribution >= 0.6 is 11.8 Å². The van der Waals surface area contributed by atoms with E-state index in [-0.39, 0.29) is 11.7 Å². The molecule has 0 aliphatic carbocycles. The fraction of sp³-hybridized carbons (Fsp3) is 0.0625. The third-order valence-electron chi connectivity index (χ3n) is 3.03. The van der Waals surface area contributed by atoms with Gasteiger partial charge in [0.2, 0.25) is 11.1 Å². The zero-order valence-corrected chi connectivity index (χ0v) is 13.2. The smallest absolute Gasteiger partial charge is 0.234 e. The first-order chi connectivity index (χ1) is 11.8. The summed E-state index contributed by atoms with van der Waals surface area (Å²) in [7, 11) is 0. The molecule has 1 aromatic carbocycles. The molecule has 0 aliphatic heterocycles. The Bertz CT molecular complexity index is 887. The van der Waals surface area contributed by atoms with E-state index in [0.29, 0.717) is 27.9 Å². The minimum absolute atomic E-state index is 0.138. The first kappa shape index (κ1) is 15.7. The summed E-state index contributed by atoms with van der Waals surface area (Å²) in [6.07, 6.45) is 1.67. The molecule has 0 aliphatic rings. The van der Waals surface area contributed by atoms with E-state index in [1.165, 1.54) is 11.8 Å². The van der Waals surface area contributed by atoms with Gasteiger partial charge in [0, 0.05) is 6.20 Å². The highest BCUT2D eigenvalue weighted by molar-refractivity contribution is 7.99. The van der Waals surface area contributed by atoms with Crippen molar-refractivity contribution < 1.29 is 4.79 Å². The SMILES string of the molecule is N#Cc1ccccc1NC(=O)CSc1n[nH]c(-c2ccccn2)n1. The van der Waals surface area contributed by atoms with Crippen LogP contribution in [0.15, 0.2) is 53.8 Å². The molecule has 0 fully saturated rings. The molecule has 2 aromatic heterocycles. The minimum atomic E-state index is -0.230. The summed E-state index contributed by atoms with van der Waals surface area (Å²) < 4.78 is 0. The fourth-order valence-corrected chi connectivity index (χ4v) is 2.53. The summed E-state index contributed by atoms with van der Waals surface area (Å²) in [5.74, 6) is 0.458. The molecule has 0 spiro atoms. The maximum absolute atomic E-state index is 12.0. The molecule has 2 N–H and O–H groups in total. The van der Waals surface area contributed by atoms with Gasteiger partial charge >= 0.3 is 0 Å². The minimum Gasteiger partial charge on any atom is -0.324 e. The Kier molecular flexibility index (Phi) is 4.84. The molecule has 118 valence electrons. The molecule has 0 atom stereocenters. The number of hydrogen-bond donors (Lipinski definition) is 2. The summed E-state index contributed by atoms with van der Waals surface area (Å²) in [6.45, 7) is 0.